The summed E-state index contributed by atoms with van der Waals surface area (Å²) in [6, 6.07) is 8.82. The number of hydrogen-bond acceptors (Lipinski definition) is 5. The van der Waals surface area contributed by atoms with E-state index in [0.29, 0.717) is 33.1 Å². The quantitative estimate of drug-likeness (QED) is 0.676. The van der Waals surface area contributed by atoms with Gasteiger partial charge in [-0.1, -0.05) is 28.9 Å². The average Bonchev–Trinajstić information content (AvgIpc) is 2.88. The maximum absolute atomic E-state index is 12.0. The lowest BCUT2D eigenvalue weighted by molar-refractivity contribution is 0.0603. The summed E-state index contributed by atoms with van der Waals surface area (Å²) in [4.78, 5) is 16.4. The lowest BCUT2D eigenvalue weighted by Crippen LogP contribution is -2.03. The fourth-order valence-electron chi connectivity index (χ4n) is 2.13. The second kappa shape index (κ2) is 5.18. The molecule has 6 heteroatoms. The van der Waals surface area contributed by atoms with Gasteiger partial charge in [-0.3, -0.25) is 0 Å². The third kappa shape index (κ3) is 2.36. The molecule has 2 heterocycles. The summed E-state index contributed by atoms with van der Waals surface area (Å²) in [6.07, 6.45) is 0. The van der Waals surface area contributed by atoms with E-state index in [4.69, 9.17) is 20.9 Å². The lowest BCUT2D eigenvalue weighted by atomic mass is 10.1. The Balaban J connectivity index is 2.25. The van der Waals surface area contributed by atoms with E-state index in [2.05, 4.69) is 10.1 Å². The fraction of sp³-hybridized carbons (Fsp3) is 0.133. The highest BCUT2D eigenvalue weighted by molar-refractivity contribution is 6.30. The van der Waals surface area contributed by atoms with Crippen molar-refractivity contribution in [2.24, 2.45) is 0 Å². The zero-order valence-electron chi connectivity index (χ0n) is 11.4. The molecule has 0 radical (unpaired) electrons. The number of aromatic nitrogens is 2. The molecule has 1 aromatic carbocycles. The van der Waals surface area contributed by atoms with Crippen molar-refractivity contribution in [3.8, 4) is 11.3 Å². The molecule has 0 amide bonds. The van der Waals surface area contributed by atoms with Crippen LogP contribution in [0.2, 0.25) is 5.02 Å². The molecule has 0 N–H and O–H groups in total. The number of rotatable bonds is 2. The third-order valence-electron chi connectivity index (χ3n) is 3.16. The van der Waals surface area contributed by atoms with E-state index >= 15 is 0 Å². The first-order chi connectivity index (χ1) is 10.1. The van der Waals surface area contributed by atoms with Gasteiger partial charge in [0.05, 0.1) is 29.4 Å². The highest BCUT2D eigenvalue weighted by atomic mass is 35.5. The molecule has 2 aromatic heterocycles. The van der Waals surface area contributed by atoms with E-state index < -0.39 is 5.97 Å². The van der Waals surface area contributed by atoms with E-state index in [-0.39, 0.29) is 0 Å². The van der Waals surface area contributed by atoms with Crippen molar-refractivity contribution in [3.05, 3.63) is 46.6 Å². The van der Waals surface area contributed by atoms with Crippen LogP contribution in [0, 0.1) is 6.92 Å². The first-order valence-corrected chi connectivity index (χ1v) is 6.59. The van der Waals surface area contributed by atoms with Crippen LogP contribution in [0.15, 0.2) is 34.9 Å². The van der Waals surface area contributed by atoms with Crippen LogP contribution in [0.25, 0.3) is 22.4 Å². The summed E-state index contributed by atoms with van der Waals surface area (Å²) in [6.45, 7) is 1.75. The summed E-state index contributed by atoms with van der Waals surface area (Å²) in [5.74, 6) is -0.455. The number of esters is 1. The molecule has 0 saturated heterocycles. The maximum atomic E-state index is 12.0. The Morgan fingerprint density at radius 3 is 2.67 bits per heavy atom. The SMILES string of the molecule is COC(=O)c1cc(-c2ccc(Cl)cc2)nc2onc(C)c12. The lowest BCUT2D eigenvalue weighted by Gasteiger charge is -2.05. The van der Waals surface area contributed by atoms with E-state index in [9.17, 15) is 4.79 Å². The number of fused-ring (bicyclic) bond motifs is 1. The molecular weight excluding hydrogens is 292 g/mol. The zero-order chi connectivity index (χ0) is 15.0. The topological polar surface area (TPSA) is 65.2 Å². The molecule has 0 aliphatic carbocycles. The van der Waals surface area contributed by atoms with Crippen LogP contribution >= 0.6 is 11.6 Å². The Morgan fingerprint density at radius 1 is 1.29 bits per heavy atom. The maximum Gasteiger partial charge on any atom is 0.338 e. The monoisotopic (exact) mass is 302 g/mol. The van der Waals surface area contributed by atoms with Gasteiger partial charge in [0.2, 0.25) is 0 Å². The normalized spacial score (nSPS) is 10.8. The van der Waals surface area contributed by atoms with Crippen molar-refractivity contribution < 1.29 is 14.1 Å². The molecule has 0 fully saturated rings. The van der Waals surface area contributed by atoms with Crippen molar-refractivity contribution in [2.75, 3.05) is 7.11 Å². The van der Waals surface area contributed by atoms with Crippen LogP contribution in [0.5, 0.6) is 0 Å². The van der Waals surface area contributed by atoms with E-state index in [1.165, 1.54) is 7.11 Å². The van der Waals surface area contributed by atoms with Gasteiger partial charge in [-0.2, -0.15) is 0 Å². The molecule has 0 aliphatic heterocycles. The molecule has 5 nitrogen and oxygen atoms in total. The van der Waals surface area contributed by atoms with Gasteiger partial charge in [0.1, 0.15) is 0 Å². The molecule has 0 aliphatic rings. The predicted molar refractivity (Wildman–Crippen MR) is 78.3 cm³/mol. The Labute approximate surface area is 125 Å². The highest BCUT2D eigenvalue weighted by Gasteiger charge is 2.19. The number of aryl methyl sites for hydroxylation is 1. The molecule has 0 atom stereocenters. The second-order valence-corrected chi connectivity index (χ2v) is 4.94. The number of nitrogens with zero attached hydrogens (tertiary/aromatic N) is 2. The first-order valence-electron chi connectivity index (χ1n) is 6.21. The van der Waals surface area contributed by atoms with Crippen LogP contribution < -0.4 is 0 Å². The summed E-state index contributed by atoms with van der Waals surface area (Å²) in [5, 5.41) is 5.05. The van der Waals surface area contributed by atoms with E-state index in [0.717, 1.165) is 5.56 Å². The number of methoxy groups -OCH3 is 1. The van der Waals surface area contributed by atoms with Crippen molar-refractivity contribution in [1.82, 2.24) is 10.1 Å². The number of hydrogen-bond donors (Lipinski definition) is 0. The molecule has 0 unspecified atom stereocenters. The number of carbonyl (C=O) groups is 1. The molecular formula is C15H11ClN2O3. The van der Waals surface area contributed by atoms with Crippen LogP contribution in [-0.2, 0) is 4.74 Å². The second-order valence-electron chi connectivity index (χ2n) is 4.50. The molecule has 3 aromatic rings. The van der Waals surface area contributed by atoms with Crippen LogP contribution in [0.3, 0.4) is 0 Å². The first kappa shape index (κ1) is 13.6. The van der Waals surface area contributed by atoms with Gasteiger partial charge in [-0.15, -0.1) is 0 Å². The molecule has 0 spiro atoms. The van der Waals surface area contributed by atoms with Crippen LogP contribution in [0.4, 0.5) is 0 Å². The van der Waals surface area contributed by atoms with Crippen molar-refractivity contribution in [2.45, 2.75) is 6.92 Å². The smallest absolute Gasteiger partial charge is 0.338 e. The number of halogens is 1. The predicted octanol–water partition coefficient (Wildman–Crippen LogP) is 3.64. The minimum Gasteiger partial charge on any atom is -0.465 e. The minimum atomic E-state index is -0.455. The van der Waals surface area contributed by atoms with Gasteiger partial charge in [0.25, 0.3) is 5.71 Å². The van der Waals surface area contributed by atoms with Crippen molar-refractivity contribution in [3.63, 3.8) is 0 Å². The minimum absolute atomic E-state index is 0.306. The van der Waals surface area contributed by atoms with E-state index in [1.54, 1.807) is 25.1 Å². The van der Waals surface area contributed by atoms with Gasteiger partial charge in [-0.05, 0) is 25.1 Å². The third-order valence-corrected chi connectivity index (χ3v) is 3.41. The Morgan fingerprint density at radius 2 is 2.00 bits per heavy atom. The van der Waals surface area contributed by atoms with Gasteiger partial charge in [0.15, 0.2) is 0 Å². The molecule has 106 valence electrons. The Kier molecular flexibility index (Phi) is 3.35. The Hall–Kier alpha value is -2.40. The largest absolute Gasteiger partial charge is 0.465 e. The van der Waals surface area contributed by atoms with Gasteiger partial charge in [0, 0.05) is 10.6 Å². The average molecular weight is 303 g/mol. The van der Waals surface area contributed by atoms with Gasteiger partial charge in [-0.25, -0.2) is 9.78 Å². The summed E-state index contributed by atoms with van der Waals surface area (Å²) in [5.41, 5.74) is 2.70. The summed E-state index contributed by atoms with van der Waals surface area (Å²) in [7, 11) is 1.33. The highest BCUT2D eigenvalue weighted by Crippen LogP contribution is 2.28. The summed E-state index contributed by atoms with van der Waals surface area (Å²) >= 11 is 5.88. The van der Waals surface area contributed by atoms with Gasteiger partial charge >= 0.3 is 5.97 Å². The molecule has 3 rings (SSSR count). The number of benzene rings is 1. The number of ether oxygens (including phenoxy) is 1. The zero-order valence-corrected chi connectivity index (χ0v) is 12.1. The molecule has 21 heavy (non-hydrogen) atoms. The summed E-state index contributed by atoms with van der Waals surface area (Å²) < 4.78 is 10.00. The molecule has 0 saturated carbocycles. The van der Waals surface area contributed by atoms with Crippen LogP contribution in [-0.4, -0.2) is 23.2 Å². The van der Waals surface area contributed by atoms with Gasteiger partial charge < -0.3 is 9.26 Å². The fourth-order valence-corrected chi connectivity index (χ4v) is 2.26. The number of carbonyl (C=O) groups excluding carboxylic acids is 1. The van der Waals surface area contributed by atoms with Crippen molar-refractivity contribution >= 4 is 28.7 Å². The van der Waals surface area contributed by atoms with Crippen molar-refractivity contribution in [1.29, 1.82) is 0 Å². The molecule has 0 bridgehead atoms. The standard InChI is InChI=1S/C15H11ClN2O3/c1-8-13-11(15(19)20-2)7-12(17-14(13)21-18-8)9-3-5-10(16)6-4-9/h3-7H,1-2H3. The van der Waals surface area contributed by atoms with E-state index in [1.807, 2.05) is 12.1 Å². The van der Waals surface area contributed by atoms with Crippen LogP contribution in [0.1, 0.15) is 16.1 Å². The number of pyridine rings is 1. The Bertz CT molecular complexity index is 825.